The third kappa shape index (κ3) is 5.17. The first-order valence-electron chi connectivity index (χ1n) is 9.61. The van der Waals surface area contributed by atoms with Gasteiger partial charge in [0.15, 0.2) is 18.1 Å². The second-order valence-electron chi connectivity index (χ2n) is 6.84. The molecule has 0 aliphatic carbocycles. The first-order chi connectivity index (χ1) is 14.9. The van der Waals surface area contributed by atoms with Crippen LogP contribution in [0.1, 0.15) is 29.4 Å². The maximum absolute atomic E-state index is 11.4. The molecular weight excluding hydrogens is 509 g/mol. The van der Waals surface area contributed by atoms with Crippen molar-refractivity contribution in [2.45, 2.75) is 20.8 Å². The molecule has 8 heteroatoms. The van der Waals surface area contributed by atoms with Crippen LogP contribution in [-0.4, -0.2) is 36.3 Å². The number of esters is 1. The lowest BCUT2D eigenvalue weighted by Gasteiger charge is -2.14. The molecule has 0 radical (unpaired) electrons. The Bertz CT molecular complexity index is 1170. The van der Waals surface area contributed by atoms with Gasteiger partial charge in [-0.3, -0.25) is 0 Å². The number of imidazole rings is 1. The lowest BCUT2D eigenvalue weighted by atomic mass is 10.1. The van der Waals surface area contributed by atoms with Crippen LogP contribution in [0.25, 0.3) is 22.7 Å². The van der Waals surface area contributed by atoms with E-state index >= 15 is 0 Å². The Balaban J connectivity index is 2.00. The fraction of sp³-hybridized carbons (Fsp3) is 0.261. The molecule has 0 saturated heterocycles. The number of H-pyrrole nitrogens is 1. The van der Waals surface area contributed by atoms with Gasteiger partial charge in [-0.05, 0) is 90.4 Å². The quantitative estimate of drug-likeness (QED) is 0.267. The molecule has 2 aromatic carbocycles. The third-order valence-corrected chi connectivity index (χ3v) is 5.48. The Kier molecular flexibility index (Phi) is 7.17. The van der Waals surface area contributed by atoms with Crippen molar-refractivity contribution in [2.24, 2.45) is 0 Å². The van der Waals surface area contributed by atoms with Gasteiger partial charge in [0, 0.05) is 0 Å². The van der Waals surface area contributed by atoms with Crippen molar-refractivity contribution in [1.29, 1.82) is 5.26 Å². The van der Waals surface area contributed by atoms with Gasteiger partial charge in [0.2, 0.25) is 0 Å². The predicted molar refractivity (Wildman–Crippen MR) is 127 cm³/mol. The zero-order chi connectivity index (χ0) is 22.5. The molecule has 0 fully saturated rings. The number of aryl methyl sites for hydroxylation is 2. The van der Waals surface area contributed by atoms with Crippen molar-refractivity contribution < 1.29 is 19.0 Å². The summed E-state index contributed by atoms with van der Waals surface area (Å²) in [6.07, 6.45) is 1.74. The van der Waals surface area contributed by atoms with E-state index in [0.717, 1.165) is 31.3 Å². The third-order valence-electron chi connectivity index (χ3n) is 4.68. The number of hydrogen-bond acceptors (Lipinski definition) is 6. The van der Waals surface area contributed by atoms with Crippen molar-refractivity contribution in [3.8, 4) is 17.6 Å². The highest BCUT2D eigenvalue weighted by atomic mass is 127. The summed E-state index contributed by atoms with van der Waals surface area (Å²) in [5.41, 5.74) is 5.15. The topological polar surface area (TPSA) is 97.2 Å². The molecular formula is C23H22IN3O4. The van der Waals surface area contributed by atoms with Gasteiger partial charge in [0.05, 0.1) is 33.9 Å². The van der Waals surface area contributed by atoms with Crippen LogP contribution in [0.4, 0.5) is 0 Å². The van der Waals surface area contributed by atoms with Crippen molar-refractivity contribution in [3.05, 3.63) is 50.4 Å². The van der Waals surface area contributed by atoms with E-state index in [0.29, 0.717) is 29.5 Å². The Morgan fingerprint density at radius 2 is 1.97 bits per heavy atom. The van der Waals surface area contributed by atoms with Gasteiger partial charge < -0.3 is 19.2 Å². The molecule has 0 saturated carbocycles. The molecule has 0 aliphatic rings. The number of benzene rings is 2. The molecule has 3 rings (SSSR count). The lowest BCUT2D eigenvalue weighted by Crippen LogP contribution is -2.14. The number of halogens is 1. The second-order valence-corrected chi connectivity index (χ2v) is 8.00. The highest BCUT2D eigenvalue weighted by Gasteiger charge is 2.15. The normalized spacial score (nSPS) is 11.3. The average Bonchev–Trinajstić information content (AvgIpc) is 3.14. The van der Waals surface area contributed by atoms with Crippen LogP contribution in [0.5, 0.6) is 11.5 Å². The SMILES string of the molecule is CCOc1cc(/C=C(\C#N)c2nc3cc(C)c(C)cc3[nH]2)cc(I)c1OCC(=O)OC. The van der Waals surface area contributed by atoms with E-state index in [4.69, 9.17) is 9.47 Å². The molecule has 0 spiro atoms. The smallest absolute Gasteiger partial charge is 0.343 e. The molecule has 7 nitrogen and oxygen atoms in total. The van der Waals surface area contributed by atoms with E-state index in [9.17, 15) is 10.1 Å². The number of carbonyl (C=O) groups excluding carboxylic acids is 1. The van der Waals surface area contributed by atoms with Crippen LogP contribution in [0, 0.1) is 28.7 Å². The number of aromatic amines is 1. The fourth-order valence-electron chi connectivity index (χ4n) is 2.98. The summed E-state index contributed by atoms with van der Waals surface area (Å²) in [4.78, 5) is 19.3. The molecule has 0 aliphatic heterocycles. The van der Waals surface area contributed by atoms with Gasteiger partial charge in [0.25, 0.3) is 0 Å². The monoisotopic (exact) mass is 531 g/mol. The molecule has 0 amide bonds. The van der Waals surface area contributed by atoms with E-state index in [-0.39, 0.29) is 6.61 Å². The standard InChI is InChI=1S/C23H22IN3O4/c1-5-30-20-10-15(9-17(24)22(20)31-12-21(28)29-4)8-16(11-25)23-26-18-6-13(2)14(3)7-19(18)27-23/h6-10H,5,12H2,1-4H3,(H,26,27)/b16-8+. The number of carbonyl (C=O) groups is 1. The number of methoxy groups -OCH3 is 1. The first kappa shape index (κ1) is 22.6. The highest BCUT2D eigenvalue weighted by Crippen LogP contribution is 2.35. The van der Waals surface area contributed by atoms with Crippen LogP contribution in [0.3, 0.4) is 0 Å². The number of fused-ring (bicyclic) bond motifs is 1. The van der Waals surface area contributed by atoms with Gasteiger partial charge in [-0.25, -0.2) is 9.78 Å². The average molecular weight is 531 g/mol. The largest absolute Gasteiger partial charge is 0.490 e. The number of ether oxygens (including phenoxy) is 3. The number of aromatic nitrogens is 2. The minimum atomic E-state index is -0.482. The molecule has 1 aromatic heterocycles. The van der Waals surface area contributed by atoms with E-state index in [2.05, 4.69) is 43.4 Å². The summed E-state index contributed by atoms with van der Waals surface area (Å²) >= 11 is 2.11. The van der Waals surface area contributed by atoms with Crippen LogP contribution >= 0.6 is 22.6 Å². The number of hydrogen-bond donors (Lipinski definition) is 1. The number of rotatable bonds is 7. The van der Waals surface area contributed by atoms with Gasteiger partial charge in [0.1, 0.15) is 11.9 Å². The van der Waals surface area contributed by atoms with Crippen LogP contribution < -0.4 is 9.47 Å². The molecule has 31 heavy (non-hydrogen) atoms. The summed E-state index contributed by atoms with van der Waals surface area (Å²) in [6, 6.07) is 9.87. The van der Waals surface area contributed by atoms with E-state index < -0.39 is 5.97 Å². The summed E-state index contributed by atoms with van der Waals surface area (Å²) < 4.78 is 16.7. The van der Waals surface area contributed by atoms with Gasteiger partial charge in [-0.2, -0.15) is 5.26 Å². The van der Waals surface area contributed by atoms with Crippen molar-refractivity contribution >= 4 is 51.2 Å². The first-order valence-corrected chi connectivity index (χ1v) is 10.7. The molecule has 1 heterocycles. The number of nitrogens with zero attached hydrogens (tertiary/aromatic N) is 2. The van der Waals surface area contributed by atoms with Crippen LogP contribution in [-0.2, 0) is 9.53 Å². The van der Waals surface area contributed by atoms with E-state index in [1.807, 2.05) is 39.0 Å². The summed E-state index contributed by atoms with van der Waals surface area (Å²) in [6.45, 7) is 6.13. The van der Waals surface area contributed by atoms with Gasteiger partial charge in [-0.1, -0.05) is 0 Å². The molecule has 3 aromatic rings. The Hall–Kier alpha value is -3.06. The van der Waals surface area contributed by atoms with Crippen LogP contribution in [0.15, 0.2) is 24.3 Å². The van der Waals surface area contributed by atoms with Crippen molar-refractivity contribution in [3.63, 3.8) is 0 Å². The maximum Gasteiger partial charge on any atom is 0.343 e. The number of allylic oxidation sites excluding steroid dienone is 1. The number of nitriles is 1. The van der Waals surface area contributed by atoms with E-state index in [1.54, 1.807) is 12.1 Å². The summed E-state index contributed by atoms with van der Waals surface area (Å²) in [5.74, 6) is 0.960. The van der Waals surface area contributed by atoms with Crippen LogP contribution in [0.2, 0.25) is 0 Å². The van der Waals surface area contributed by atoms with Gasteiger partial charge >= 0.3 is 5.97 Å². The minimum Gasteiger partial charge on any atom is -0.490 e. The molecule has 0 unspecified atom stereocenters. The predicted octanol–water partition coefficient (Wildman–Crippen LogP) is 4.80. The van der Waals surface area contributed by atoms with Crippen molar-refractivity contribution in [1.82, 2.24) is 9.97 Å². The fourth-order valence-corrected chi connectivity index (χ4v) is 3.76. The summed E-state index contributed by atoms with van der Waals surface area (Å²) in [5, 5.41) is 9.76. The zero-order valence-corrected chi connectivity index (χ0v) is 19.9. The Morgan fingerprint density at radius 3 is 2.65 bits per heavy atom. The maximum atomic E-state index is 11.4. The molecule has 0 bridgehead atoms. The van der Waals surface area contributed by atoms with E-state index in [1.165, 1.54) is 7.11 Å². The lowest BCUT2D eigenvalue weighted by molar-refractivity contribution is -0.142. The Labute approximate surface area is 194 Å². The molecule has 1 N–H and O–H groups in total. The molecule has 0 atom stereocenters. The van der Waals surface area contributed by atoms with Crippen molar-refractivity contribution in [2.75, 3.05) is 20.3 Å². The zero-order valence-electron chi connectivity index (χ0n) is 17.7. The summed E-state index contributed by atoms with van der Waals surface area (Å²) in [7, 11) is 1.30. The highest BCUT2D eigenvalue weighted by molar-refractivity contribution is 14.1. The molecule has 160 valence electrons. The second kappa shape index (κ2) is 9.83. The minimum absolute atomic E-state index is 0.219. The number of nitrogens with one attached hydrogen (secondary N) is 1. The van der Waals surface area contributed by atoms with Gasteiger partial charge in [-0.15, -0.1) is 0 Å². The Morgan fingerprint density at radius 1 is 1.23 bits per heavy atom.